The van der Waals surface area contributed by atoms with Crippen LogP contribution in [0.2, 0.25) is 0 Å². The van der Waals surface area contributed by atoms with Gasteiger partial charge in [0.25, 0.3) is 0 Å². The quantitative estimate of drug-likeness (QED) is 0.913. The molecule has 106 valence electrons. The van der Waals surface area contributed by atoms with E-state index in [1.165, 1.54) is 24.0 Å². The number of nitrogens with one attached hydrogen (secondary N) is 1. The van der Waals surface area contributed by atoms with Gasteiger partial charge in [0.1, 0.15) is 17.4 Å². The number of hydrogen-bond acceptors (Lipinski definition) is 3. The molecular weight excluding hydrogens is 248 g/mol. The van der Waals surface area contributed by atoms with Crippen LogP contribution in [0.4, 0.5) is 0 Å². The molecular formula is C17H22N2O. The molecule has 3 heteroatoms. The summed E-state index contributed by atoms with van der Waals surface area (Å²) in [5, 5.41) is 13.0. The van der Waals surface area contributed by atoms with Gasteiger partial charge in [-0.1, -0.05) is 6.07 Å². The highest BCUT2D eigenvalue weighted by Crippen LogP contribution is 2.35. The van der Waals surface area contributed by atoms with Gasteiger partial charge in [-0.3, -0.25) is 5.32 Å². The molecule has 0 spiro atoms. The minimum atomic E-state index is -0.356. The summed E-state index contributed by atoms with van der Waals surface area (Å²) < 4.78 is 6.10. The molecule has 2 unspecified atom stereocenters. The largest absolute Gasteiger partial charge is 0.490 e. The third kappa shape index (κ3) is 2.96. The number of hydrogen-bond donors (Lipinski definition) is 1. The second-order valence-electron chi connectivity index (χ2n) is 6.42. The first-order valence-electron chi connectivity index (χ1n) is 7.52. The molecule has 0 amide bonds. The molecule has 0 aliphatic heterocycles. The highest BCUT2D eigenvalue weighted by Gasteiger charge is 2.43. The zero-order valence-electron chi connectivity index (χ0n) is 12.3. The minimum Gasteiger partial charge on any atom is -0.490 e. The lowest BCUT2D eigenvalue weighted by atomic mass is 9.99. The smallest absolute Gasteiger partial charge is 0.120 e. The van der Waals surface area contributed by atoms with Crippen molar-refractivity contribution in [1.29, 1.82) is 5.26 Å². The van der Waals surface area contributed by atoms with E-state index < -0.39 is 0 Å². The van der Waals surface area contributed by atoms with Crippen LogP contribution >= 0.6 is 0 Å². The van der Waals surface area contributed by atoms with E-state index in [1.54, 1.807) is 0 Å². The highest BCUT2D eigenvalue weighted by atomic mass is 16.5. The van der Waals surface area contributed by atoms with Crippen LogP contribution in [0.15, 0.2) is 18.2 Å². The Balaban J connectivity index is 1.66. The Morgan fingerprint density at radius 1 is 1.20 bits per heavy atom. The summed E-state index contributed by atoms with van der Waals surface area (Å²) in [5.41, 5.74) is 2.09. The first-order valence-corrected chi connectivity index (χ1v) is 7.52. The Morgan fingerprint density at radius 2 is 1.90 bits per heavy atom. The first kappa shape index (κ1) is 13.5. The third-order valence-corrected chi connectivity index (χ3v) is 4.24. The maximum atomic E-state index is 9.50. The van der Waals surface area contributed by atoms with Crippen LogP contribution in [0.25, 0.3) is 0 Å². The minimum absolute atomic E-state index is 0.155. The summed E-state index contributed by atoms with van der Waals surface area (Å²) in [6.45, 7) is 4.17. The van der Waals surface area contributed by atoms with Gasteiger partial charge in [-0.15, -0.1) is 0 Å². The molecule has 0 bridgehead atoms. The van der Waals surface area contributed by atoms with Crippen LogP contribution in [0.3, 0.4) is 0 Å². The molecule has 1 N–H and O–H groups in total. The van der Waals surface area contributed by atoms with Gasteiger partial charge in [0.05, 0.1) is 6.07 Å². The lowest BCUT2D eigenvalue weighted by Crippen LogP contribution is -2.43. The second-order valence-corrected chi connectivity index (χ2v) is 6.42. The van der Waals surface area contributed by atoms with E-state index in [-0.39, 0.29) is 11.6 Å². The number of ether oxygens (including phenoxy) is 1. The first-order chi connectivity index (χ1) is 9.58. The van der Waals surface area contributed by atoms with E-state index in [9.17, 15) is 5.26 Å². The van der Waals surface area contributed by atoms with Crippen LogP contribution in [-0.4, -0.2) is 17.7 Å². The normalized spacial score (nSPS) is 29.1. The predicted molar refractivity (Wildman–Crippen MR) is 78.7 cm³/mol. The van der Waals surface area contributed by atoms with Crippen molar-refractivity contribution in [2.75, 3.05) is 0 Å². The lowest BCUT2D eigenvalue weighted by Gasteiger charge is -2.23. The number of rotatable bonds is 4. The summed E-state index contributed by atoms with van der Waals surface area (Å²) in [5.74, 6) is 0.938. The summed E-state index contributed by atoms with van der Waals surface area (Å²) in [7, 11) is 0. The fourth-order valence-corrected chi connectivity index (χ4v) is 3.18. The van der Waals surface area contributed by atoms with Gasteiger partial charge >= 0.3 is 0 Å². The Morgan fingerprint density at radius 3 is 2.50 bits per heavy atom. The van der Waals surface area contributed by atoms with Gasteiger partial charge in [0.15, 0.2) is 0 Å². The molecule has 20 heavy (non-hydrogen) atoms. The molecule has 2 atom stereocenters. The standard InChI is InChI=1S/C17H22N2O/c1-12-7-13(2)9-16(8-12)20-15-5-6-17(10-15,11-18)19-14-3-4-14/h7-9,14-15,19H,3-6,10H2,1-2H3. The molecule has 2 aliphatic carbocycles. The van der Waals surface area contributed by atoms with Crippen LogP contribution in [0.5, 0.6) is 5.75 Å². The Hall–Kier alpha value is -1.53. The number of nitriles is 1. The second kappa shape index (κ2) is 5.10. The zero-order chi connectivity index (χ0) is 14.2. The van der Waals surface area contributed by atoms with E-state index in [2.05, 4.69) is 43.4 Å². The molecule has 0 saturated heterocycles. The van der Waals surface area contributed by atoms with Gasteiger partial charge in [-0.25, -0.2) is 0 Å². The van der Waals surface area contributed by atoms with Crippen molar-refractivity contribution in [1.82, 2.24) is 5.32 Å². The molecule has 3 nitrogen and oxygen atoms in total. The van der Waals surface area contributed by atoms with Gasteiger partial charge in [-0.05, 0) is 62.8 Å². The topological polar surface area (TPSA) is 45.0 Å². The van der Waals surface area contributed by atoms with Crippen LogP contribution in [0.1, 0.15) is 43.2 Å². The average molecular weight is 270 g/mol. The van der Waals surface area contributed by atoms with Crippen molar-refractivity contribution in [3.05, 3.63) is 29.3 Å². The van der Waals surface area contributed by atoms with E-state index in [1.807, 2.05) is 0 Å². The van der Waals surface area contributed by atoms with E-state index >= 15 is 0 Å². The fourth-order valence-electron chi connectivity index (χ4n) is 3.18. The summed E-state index contributed by atoms with van der Waals surface area (Å²) in [6.07, 6.45) is 5.24. The van der Waals surface area contributed by atoms with Crippen molar-refractivity contribution in [2.24, 2.45) is 0 Å². The van der Waals surface area contributed by atoms with Gasteiger partial charge in [0.2, 0.25) is 0 Å². The van der Waals surface area contributed by atoms with Crippen LogP contribution in [-0.2, 0) is 0 Å². The van der Waals surface area contributed by atoms with Crippen molar-refractivity contribution in [3.8, 4) is 11.8 Å². The summed E-state index contributed by atoms with van der Waals surface area (Å²) >= 11 is 0. The Labute approximate surface area is 120 Å². The maximum Gasteiger partial charge on any atom is 0.120 e. The average Bonchev–Trinajstić information content (AvgIpc) is 3.09. The molecule has 1 aromatic rings. The lowest BCUT2D eigenvalue weighted by molar-refractivity contribution is 0.200. The summed E-state index contributed by atoms with van der Waals surface area (Å²) in [6, 6.07) is 9.36. The molecule has 0 heterocycles. The Bertz CT molecular complexity index is 524. The van der Waals surface area contributed by atoms with E-state index in [0.29, 0.717) is 6.04 Å². The molecule has 1 aromatic carbocycles. The van der Waals surface area contributed by atoms with E-state index in [0.717, 1.165) is 25.0 Å². The third-order valence-electron chi connectivity index (χ3n) is 4.24. The van der Waals surface area contributed by atoms with Gasteiger partial charge in [0, 0.05) is 12.5 Å². The fraction of sp³-hybridized carbons (Fsp3) is 0.588. The molecule has 3 rings (SSSR count). The van der Waals surface area contributed by atoms with E-state index in [4.69, 9.17) is 4.74 Å². The van der Waals surface area contributed by atoms with Crippen molar-refractivity contribution >= 4 is 0 Å². The molecule has 2 saturated carbocycles. The van der Waals surface area contributed by atoms with Crippen LogP contribution in [0, 0.1) is 25.2 Å². The highest BCUT2D eigenvalue weighted by molar-refractivity contribution is 5.33. The molecule has 0 aromatic heterocycles. The number of benzene rings is 1. The molecule has 0 radical (unpaired) electrons. The Kier molecular flexibility index (Phi) is 3.43. The van der Waals surface area contributed by atoms with Crippen molar-refractivity contribution in [2.45, 2.75) is 63.6 Å². The van der Waals surface area contributed by atoms with Crippen molar-refractivity contribution < 1.29 is 4.74 Å². The maximum absolute atomic E-state index is 9.50. The SMILES string of the molecule is Cc1cc(C)cc(OC2CCC(C#N)(NC3CC3)C2)c1. The zero-order valence-corrected chi connectivity index (χ0v) is 12.3. The monoisotopic (exact) mass is 270 g/mol. The van der Waals surface area contributed by atoms with Crippen molar-refractivity contribution in [3.63, 3.8) is 0 Å². The number of nitrogens with zero attached hydrogens (tertiary/aromatic N) is 1. The molecule has 2 fully saturated rings. The number of aryl methyl sites for hydroxylation is 2. The van der Waals surface area contributed by atoms with Crippen LogP contribution < -0.4 is 10.1 Å². The van der Waals surface area contributed by atoms with Gasteiger partial charge in [-0.2, -0.15) is 5.26 Å². The predicted octanol–water partition coefficient (Wildman–Crippen LogP) is 3.25. The summed E-state index contributed by atoms with van der Waals surface area (Å²) in [4.78, 5) is 0. The molecule has 2 aliphatic rings. The van der Waals surface area contributed by atoms with Gasteiger partial charge < -0.3 is 4.74 Å².